The van der Waals surface area contributed by atoms with Gasteiger partial charge in [-0.2, -0.15) is 9.94 Å². The van der Waals surface area contributed by atoms with Crippen LogP contribution in [0.25, 0.3) is 10.9 Å². The molecule has 2 aromatic carbocycles. The fourth-order valence-corrected chi connectivity index (χ4v) is 8.39. The van der Waals surface area contributed by atoms with Crippen molar-refractivity contribution in [1.29, 1.82) is 5.26 Å². The largest absolute Gasteiger partial charge is 0.489 e. The van der Waals surface area contributed by atoms with E-state index in [1.165, 1.54) is 6.20 Å². The molecule has 1 atom stereocenters. The molecule has 15 heteroatoms. The van der Waals surface area contributed by atoms with E-state index in [1.807, 2.05) is 6.07 Å². The molecule has 2 aromatic heterocycles. The summed E-state index contributed by atoms with van der Waals surface area (Å²) in [5.74, 6) is 5.74. The second-order valence-corrected chi connectivity index (χ2v) is 15.7. The molecule has 2 saturated heterocycles. The number of amides is 3. The van der Waals surface area contributed by atoms with Crippen molar-refractivity contribution >= 4 is 45.9 Å². The van der Waals surface area contributed by atoms with Crippen molar-refractivity contribution in [3.05, 3.63) is 86.9 Å². The number of hydrogen-bond acceptors (Lipinski definition) is 11. The molecule has 0 spiro atoms. The molecular formula is C40H40ClN9O5. The maximum Gasteiger partial charge on any atom is 0.278 e. The predicted octanol–water partition coefficient (Wildman–Crippen LogP) is 3.47. The Hall–Kier alpha value is -5.83. The summed E-state index contributed by atoms with van der Waals surface area (Å²) in [5.41, 5.74) is 1.49. The molecule has 282 valence electrons. The highest BCUT2D eigenvalue weighted by molar-refractivity contribution is 6.31. The normalized spacial score (nSPS) is 21.7. The minimum Gasteiger partial charge on any atom is -0.489 e. The van der Waals surface area contributed by atoms with E-state index < -0.39 is 28.3 Å². The Morgan fingerprint density at radius 2 is 1.80 bits per heavy atom. The van der Waals surface area contributed by atoms with E-state index in [-0.39, 0.29) is 36.8 Å². The summed E-state index contributed by atoms with van der Waals surface area (Å²) in [6, 6.07) is 14.9. The van der Waals surface area contributed by atoms with Crippen molar-refractivity contribution in [3.8, 4) is 23.7 Å². The van der Waals surface area contributed by atoms with Gasteiger partial charge in [0.2, 0.25) is 5.91 Å². The quantitative estimate of drug-likeness (QED) is 0.208. The van der Waals surface area contributed by atoms with E-state index in [1.54, 1.807) is 42.5 Å². The number of nitrogens with zero attached hydrogens (tertiary/aromatic N) is 7. The number of halogens is 1. The average molecular weight is 762 g/mol. The Balaban J connectivity index is 0.912. The van der Waals surface area contributed by atoms with Crippen LogP contribution in [0.1, 0.15) is 68.2 Å². The van der Waals surface area contributed by atoms with Gasteiger partial charge < -0.3 is 15.0 Å². The molecule has 0 bridgehead atoms. The van der Waals surface area contributed by atoms with Crippen LogP contribution in [0.5, 0.6) is 5.75 Å². The van der Waals surface area contributed by atoms with Gasteiger partial charge in [-0.1, -0.05) is 50.4 Å². The fourth-order valence-electron chi connectivity index (χ4n) is 8.18. The van der Waals surface area contributed by atoms with Gasteiger partial charge in [0, 0.05) is 67.4 Å². The zero-order chi connectivity index (χ0) is 39.1. The topological polar surface area (TPSA) is 175 Å². The maximum atomic E-state index is 13.3. The number of imide groups is 1. The molecule has 4 heterocycles. The smallest absolute Gasteiger partial charge is 0.278 e. The molecule has 0 radical (unpaired) electrons. The van der Waals surface area contributed by atoms with E-state index in [2.05, 4.69) is 81.3 Å². The zero-order valence-corrected chi connectivity index (χ0v) is 31.7. The van der Waals surface area contributed by atoms with Gasteiger partial charge >= 0.3 is 0 Å². The SMILES string of the molecule is CC1(C)C(NC(=O)c2ccc(C#CCN3CCN(c4ccc5nnn(C6CCC(=O)NC6=O)c(=O)c5c4)CC3)nc2)C(C)(C)C1Oc1ccc(C#N)c(Cl)c1. The first kappa shape index (κ1) is 37.5. The Bertz CT molecular complexity index is 2330. The van der Waals surface area contributed by atoms with Gasteiger partial charge in [-0.05, 0) is 54.8 Å². The van der Waals surface area contributed by atoms with E-state index in [9.17, 15) is 24.4 Å². The van der Waals surface area contributed by atoms with Crippen LogP contribution < -0.4 is 25.8 Å². The molecule has 4 aromatic rings. The van der Waals surface area contributed by atoms with Crippen LogP contribution in [0.4, 0.5) is 5.69 Å². The molecule has 1 saturated carbocycles. The first-order valence-corrected chi connectivity index (χ1v) is 18.5. The number of fused-ring (bicyclic) bond motifs is 1. The predicted molar refractivity (Wildman–Crippen MR) is 204 cm³/mol. The van der Waals surface area contributed by atoms with E-state index in [0.29, 0.717) is 45.0 Å². The first-order valence-electron chi connectivity index (χ1n) is 18.1. The van der Waals surface area contributed by atoms with Gasteiger partial charge in [0.1, 0.15) is 35.2 Å². The zero-order valence-electron chi connectivity index (χ0n) is 30.9. The van der Waals surface area contributed by atoms with Crippen LogP contribution in [0.2, 0.25) is 5.02 Å². The number of carbonyl (C=O) groups excluding carboxylic acids is 3. The second-order valence-electron chi connectivity index (χ2n) is 15.3. The Kier molecular flexibility index (Phi) is 10.1. The highest BCUT2D eigenvalue weighted by Crippen LogP contribution is 2.55. The number of anilines is 1. The van der Waals surface area contributed by atoms with Crippen molar-refractivity contribution < 1.29 is 19.1 Å². The highest BCUT2D eigenvalue weighted by atomic mass is 35.5. The lowest BCUT2D eigenvalue weighted by molar-refractivity contribution is -0.164. The fraction of sp³-hybridized carbons (Fsp3) is 0.400. The molecular weight excluding hydrogens is 722 g/mol. The molecule has 55 heavy (non-hydrogen) atoms. The van der Waals surface area contributed by atoms with Crippen LogP contribution in [0, 0.1) is 34.0 Å². The maximum absolute atomic E-state index is 13.3. The number of nitrogens with one attached hydrogen (secondary N) is 2. The lowest BCUT2D eigenvalue weighted by atomic mass is 9.49. The number of piperidine rings is 1. The summed E-state index contributed by atoms with van der Waals surface area (Å²) in [7, 11) is 0. The van der Waals surface area contributed by atoms with Crippen molar-refractivity contribution in [2.45, 2.75) is 58.7 Å². The Morgan fingerprint density at radius 3 is 2.47 bits per heavy atom. The van der Waals surface area contributed by atoms with Crippen molar-refractivity contribution in [2.24, 2.45) is 10.8 Å². The summed E-state index contributed by atoms with van der Waals surface area (Å²) >= 11 is 6.22. The van der Waals surface area contributed by atoms with E-state index >= 15 is 0 Å². The van der Waals surface area contributed by atoms with Gasteiger partial charge in [-0.25, -0.2) is 4.98 Å². The molecule has 3 fully saturated rings. The van der Waals surface area contributed by atoms with Crippen LogP contribution in [-0.2, 0) is 9.59 Å². The number of nitriles is 1. The van der Waals surface area contributed by atoms with Crippen LogP contribution in [-0.4, -0.2) is 87.5 Å². The Labute approximate surface area is 322 Å². The molecule has 7 rings (SSSR count). The van der Waals surface area contributed by atoms with Gasteiger partial charge in [-0.15, -0.1) is 5.10 Å². The number of rotatable bonds is 7. The third-order valence-corrected chi connectivity index (χ3v) is 11.2. The number of hydrogen-bond donors (Lipinski definition) is 2. The van der Waals surface area contributed by atoms with Crippen molar-refractivity contribution in [1.82, 2.24) is 35.5 Å². The van der Waals surface area contributed by atoms with Gasteiger partial charge in [-0.3, -0.25) is 29.4 Å². The number of carbonyl (C=O) groups is 3. The minimum absolute atomic E-state index is 0.135. The standard InChI is InChI=1S/C40H40ClN9O5/c1-39(2)37(40(3,4)38(39)55-28-11-8-24(22-42)30(41)21-28)45-34(52)25-7-9-26(43-23-25)6-5-15-48-16-18-49(19-17-48)27-10-12-31-29(20-27)36(54)50(47-46-31)32-13-14-33(51)44-35(32)53/h7-12,20-21,23,32,37-38H,13-19H2,1-4H3,(H,45,52)(H,44,51,53). The molecule has 3 aliphatic rings. The summed E-state index contributed by atoms with van der Waals surface area (Å²) in [6.07, 6.45) is 1.66. The number of aromatic nitrogens is 4. The summed E-state index contributed by atoms with van der Waals surface area (Å²) < 4.78 is 7.41. The van der Waals surface area contributed by atoms with Crippen LogP contribution in [0.15, 0.2) is 59.5 Å². The first-order chi connectivity index (χ1) is 26.3. The van der Waals surface area contributed by atoms with Crippen LogP contribution in [0.3, 0.4) is 0 Å². The number of piperazine rings is 1. The molecule has 3 amide bonds. The van der Waals surface area contributed by atoms with Crippen molar-refractivity contribution in [2.75, 3.05) is 37.6 Å². The van der Waals surface area contributed by atoms with Gasteiger partial charge in [0.05, 0.1) is 28.1 Å². The number of benzene rings is 2. The summed E-state index contributed by atoms with van der Waals surface area (Å²) in [5, 5.41) is 23.5. The lowest BCUT2D eigenvalue weighted by Gasteiger charge is -2.63. The second kappa shape index (κ2) is 14.8. The van der Waals surface area contributed by atoms with Gasteiger partial charge in [0.25, 0.3) is 17.4 Å². The van der Waals surface area contributed by atoms with Crippen molar-refractivity contribution in [3.63, 3.8) is 0 Å². The summed E-state index contributed by atoms with van der Waals surface area (Å²) in [4.78, 5) is 59.4. The lowest BCUT2D eigenvalue weighted by Crippen LogP contribution is -2.74. The molecule has 1 aliphatic carbocycles. The molecule has 14 nitrogen and oxygen atoms in total. The van der Waals surface area contributed by atoms with E-state index in [4.69, 9.17) is 16.3 Å². The van der Waals surface area contributed by atoms with Gasteiger partial charge in [0.15, 0.2) is 0 Å². The van der Waals surface area contributed by atoms with E-state index in [0.717, 1.165) is 36.5 Å². The van der Waals surface area contributed by atoms with Crippen LogP contribution >= 0.6 is 11.6 Å². The minimum atomic E-state index is -0.875. The third-order valence-electron chi connectivity index (χ3n) is 10.9. The number of ether oxygens (including phenoxy) is 1. The molecule has 1 unspecified atom stereocenters. The monoisotopic (exact) mass is 761 g/mol. The molecule has 2 aliphatic heterocycles. The molecule has 2 N–H and O–H groups in total. The Morgan fingerprint density at radius 1 is 1.04 bits per heavy atom. The number of pyridine rings is 1. The summed E-state index contributed by atoms with van der Waals surface area (Å²) in [6.45, 7) is 11.7. The third kappa shape index (κ3) is 7.35. The average Bonchev–Trinajstić information content (AvgIpc) is 3.17. The highest BCUT2D eigenvalue weighted by Gasteiger charge is 2.64.